The van der Waals surface area contributed by atoms with E-state index >= 15 is 0 Å². The summed E-state index contributed by atoms with van der Waals surface area (Å²) in [4.78, 5) is 31.8. The standard InChI is InChI=1S/C14H16N4O2/c1-10-11(2)17-9-18(14(10)20)8-7-16-13(19)12-5-3-4-6-15-12/h3-6,9H,7-8H2,1-2H3,(H,16,19). The smallest absolute Gasteiger partial charge is 0.269 e. The van der Waals surface area contributed by atoms with Crippen molar-refractivity contribution in [2.75, 3.05) is 6.54 Å². The van der Waals surface area contributed by atoms with E-state index in [1.54, 1.807) is 38.2 Å². The number of rotatable bonds is 4. The van der Waals surface area contributed by atoms with E-state index in [1.165, 1.54) is 10.9 Å². The first-order chi connectivity index (χ1) is 9.59. The topological polar surface area (TPSA) is 76.9 Å². The fourth-order valence-electron chi connectivity index (χ4n) is 1.71. The van der Waals surface area contributed by atoms with Gasteiger partial charge in [0.15, 0.2) is 0 Å². The Balaban J connectivity index is 1.96. The average Bonchev–Trinajstić information content (AvgIpc) is 2.48. The van der Waals surface area contributed by atoms with E-state index in [2.05, 4.69) is 15.3 Å². The summed E-state index contributed by atoms with van der Waals surface area (Å²) in [5, 5.41) is 2.72. The van der Waals surface area contributed by atoms with E-state index in [1.807, 2.05) is 0 Å². The van der Waals surface area contributed by atoms with Gasteiger partial charge in [-0.05, 0) is 26.0 Å². The molecule has 0 aliphatic carbocycles. The summed E-state index contributed by atoms with van der Waals surface area (Å²) in [5.74, 6) is -0.254. The number of nitrogens with zero attached hydrogens (tertiary/aromatic N) is 3. The first kappa shape index (κ1) is 13.9. The van der Waals surface area contributed by atoms with Crippen LogP contribution >= 0.6 is 0 Å². The molecule has 1 N–H and O–H groups in total. The second kappa shape index (κ2) is 6.10. The Hall–Kier alpha value is -2.50. The van der Waals surface area contributed by atoms with Gasteiger partial charge in [0.2, 0.25) is 0 Å². The second-order valence-electron chi connectivity index (χ2n) is 4.42. The van der Waals surface area contributed by atoms with Crippen molar-refractivity contribution >= 4 is 5.91 Å². The largest absolute Gasteiger partial charge is 0.349 e. The van der Waals surface area contributed by atoms with Crippen molar-refractivity contribution in [3.63, 3.8) is 0 Å². The number of nitrogens with one attached hydrogen (secondary N) is 1. The van der Waals surface area contributed by atoms with E-state index in [0.29, 0.717) is 24.3 Å². The highest BCUT2D eigenvalue weighted by molar-refractivity contribution is 5.92. The highest BCUT2D eigenvalue weighted by atomic mass is 16.2. The molecule has 2 aromatic rings. The number of aryl methyl sites for hydroxylation is 1. The molecule has 0 aliphatic rings. The lowest BCUT2D eigenvalue weighted by atomic mass is 10.3. The van der Waals surface area contributed by atoms with Gasteiger partial charge in [0.25, 0.3) is 11.5 Å². The molecular weight excluding hydrogens is 256 g/mol. The minimum atomic E-state index is -0.254. The van der Waals surface area contributed by atoms with E-state index in [0.717, 1.165) is 5.69 Å². The summed E-state index contributed by atoms with van der Waals surface area (Å²) in [6, 6.07) is 5.13. The first-order valence-corrected chi connectivity index (χ1v) is 6.31. The summed E-state index contributed by atoms with van der Waals surface area (Å²) in [6.45, 7) is 4.27. The van der Waals surface area contributed by atoms with Crippen LogP contribution < -0.4 is 10.9 Å². The number of carbonyl (C=O) groups excluding carboxylic acids is 1. The van der Waals surface area contributed by atoms with Gasteiger partial charge < -0.3 is 5.32 Å². The van der Waals surface area contributed by atoms with Crippen molar-refractivity contribution in [3.8, 4) is 0 Å². The third kappa shape index (κ3) is 3.09. The Morgan fingerprint density at radius 2 is 2.10 bits per heavy atom. The summed E-state index contributed by atoms with van der Waals surface area (Å²) < 4.78 is 1.49. The molecule has 2 rings (SSSR count). The Bertz CT molecular complexity index is 665. The van der Waals surface area contributed by atoms with Crippen LogP contribution in [0.4, 0.5) is 0 Å². The molecule has 0 aromatic carbocycles. The van der Waals surface area contributed by atoms with Crippen LogP contribution in [-0.4, -0.2) is 27.0 Å². The Morgan fingerprint density at radius 3 is 2.80 bits per heavy atom. The molecule has 0 unspecified atom stereocenters. The molecule has 0 bridgehead atoms. The molecule has 6 nitrogen and oxygen atoms in total. The van der Waals surface area contributed by atoms with Crippen LogP contribution in [0.2, 0.25) is 0 Å². The summed E-state index contributed by atoms with van der Waals surface area (Å²) in [6.07, 6.45) is 3.06. The van der Waals surface area contributed by atoms with Crippen LogP contribution in [0.3, 0.4) is 0 Å². The summed E-state index contributed by atoms with van der Waals surface area (Å²) in [5.41, 5.74) is 1.63. The maximum absolute atomic E-state index is 11.9. The third-order valence-corrected chi connectivity index (χ3v) is 3.05. The Labute approximate surface area is 116 Å². The first-order valence-electron chi connectivity index (χ1n) is 6.31. The lowest BCUT2D eigenvalue weighted by Crippen LogP contribution is -2.32. The van der Waals surface area contributed by atoms with Crippen LogP contribution in [0.5, 0.6) is 0 Å². The SMILES string of the molecule is Cc1ncn(CCNC(=O)c2ccccn2)c(=O)c1C. The maximum atomic E-state index is 11.9. The number of hydrogen-bond donors (Lipinski definition) is 1. The van der Waals surface area contributed by atoms with E-state index in [4.69, 9.17) is 0 Å². The number of pyridine rings is 1. The van der Waals surface area contributed by atoms with Crippen molar-refractivity contribution in [2.24, 2.45) is 0 Å². The van der Waals surface area contributed by atoms with Gasteiger partial charge in [-0.3, -0.25) is 19.1 Å². The quantitative estimate of drug-likeness (QED) is 0.888. The molecule has 0 radical (unpaired) electrons. The van der Waals surface area contributed by atoms with Crippen LogP contribution in [0.25, 0.3) is 0 Å². The van der Waals surface area contributed by atoms with Crippen molar-refractivity contribution in [1.82, 2.24) is 19.9 Å². The van der Waals surface area contributed by atoms with Crippen molar-refractivity contribution < 1.29 is 4.79 Å². The third-order valence-electron chi connectivity index (χ3n) is 3.05. The van der Waals surface area contributed by atoms with Crippen LogP contribution in [-0.2, 0) is 6.54 Å². The molecule has 0 saturated heterocycles. The zero-order valence-electron chi connectivity index (χ0n) is 11.5. The fourth-order valence-corrected chi connectivity index (χ4v) is 1.71. The minimum Gasteiger partial charge on any atom is -0.349 e. The highest BCUT2D eigenvalue weighted by Gasteiger charge is 2.06. The Morgan fingerprint density at radius 1 is 1.30 bits per heavy atom. The summed E-state index contributed by atoms with van der Waals surface area (Å²) in [7, 11) is 0. The van der Waals surface area contributed by atoms with Crippen molar-refractivity contribution in [3.05, 3.63) is 58.0 Å². The molecule has 2 aromatic heterocycles. The lowest BCUT2D eigenvalue weighted by molar-refractivity contribution is 0.0947. The minimum absolute atomic E-state index is 0.0791. The molecular formula is C14H16N4O2. The fraction of sp³-hybridized carbons (Fsp3) is 0.286. The van der Waals surface area contributed by atoms with Gasteiger partial charge >= 0.3 is 0 Å². The molecule has 104 valence electrons. The molecule has 0 fully saturated rings. The molecule has 0 aliphatic heterocycles. The normalized spacial score (nSPS) is 10.3. The predicted molar refractivity (Wildman–Crippen MR) is 74.5 cm³/mol. The lowest BCUT2D eigenvalue weighted by Gasteiger charge is -2.08. The number of carbonyl (C=O) groups is 1. The van der Waals surface area contributed by atoms with E-state index in [9.17, 15) is 9.59 Å². The van der Waals surface area contributed by atoms with Crippen LogP contribution in [0.15, 0.2) is 35.5 Å². The van der Waals surface area contributed by atoms with Gasteiger partial charge in [-0.1, -0.05) is 6.07 Å². The molecule has 6 heteroatoms. The van der Waals surface area contributed by atoms with Crippen molar-refractivity contribution in [2.45, 2.75) is 20.4 Å². The van der Waals surface area contributed by atoms with Crippen LogP contribution in [0.1, 0.15) is 21.7 Å². The van der Waals surface area contributed by atoms with E-state index in [-0.39, 0.29) is 11.5 Å². The average molecular weight is 272 g/mol. The zero-order valence-corrected chi connectivity index (χ0v) is 11.5. The molecule has 0 saturated carbocycles. The maximum Gasteiger partial charge on any atom is 0.269 e. The highest BCUT2D eigenvalue weighted by Crippen LogP contribution is 1.95. The van der Waals surface area contributed by atoms with Gasteiger partial charge in [0, 0.05) is 30.5 Å². The van der Waals surface area contributed by atoms with Crippen LogP contribution in [0, 0.1) is 13.8 Å². The second-order valence-corrected chi connectivity index (χ2v) is 4.42. The Kier molecular flexibility index (Phi) is 4.24. The monoisotopic (exact) mass is 272 g/mol. The molecule has 0 atom stereocenters. The molecule has 1 amide bonds. The molecule has 2 heterocycles. The van der Waals surface area contributed by atoms with Gasteiger partial charge in [0.05, 0.1) is 6.33 Å². The number of amides is 1. The van der Waals surface area contributed by atoms with Gasteiger partial charge in [0.1, 0.15) is 5.69 Å². The summed E-state index contributed by atoms with van der Waals surface area (Å²) >= 11 is 0. The number of aromatic nitrogens is 3. The zero-order chi connectivity index (χ0) is 14.5. The predicted octanol–water partition coefficient (Wildman–Crippen LogP) is 0.685. The molecule has 0 spiro atoms. The van der Waals surface area contributed by atoms with Gasteiger partial charge in [-0.25, -0.2) is 4.98 Å². The molecule has 20 heavy (non-hydrogen) atoms. The van der Waals surface area contributed by atoms with Gasteiger partial charge in [-0.2, -0.15) is 0 Å². The van der Waals surface area contributed by atoms with Gasteiger partial charge in [-0.15, -0.1) is 0 Å². The van der Waals surface area contributed by atoms with E-state index < -0.39 is 0 Å². The number of hydrogen-bond acceptors (Lipinski definition) is 4. The van der Waals surface area contributed by atoms with Crippen molar-refractivity contribution in [1.29, 1.82) is 0 Å².